The van der Waals surface area contributed by atoms with Crippen molar-refractivity contribution in [2.75, 3.05) is 0 Å². The summed E-state index contributed by atoms with van der Waals surface area (Å²) in [6.07, 6.45) is 0. The van der Waals surface area contributed by atoms with Crippen LogP contribution in [-0.2, 0) is 18.0 Å². The SMILES string of the molecule is NC(c1ccc2c(c1)COC2)c1cc(Br)ccc1F. The van der Waals surface area contributed by atoms with E-state index in [1.54, 1.807) is 12.1 Å². The summed E-state index contributed by atoms with van der Waals surface area (Å²) in [6.45, 7) is 1.26. The van der Waals surface area contributed by atoms with Crippen LogP contribution in [0.5, 0.6) is 0 Å². The van der Waals surface area contributed by atoms with Crippen LogP contribution in [0.15, 0.2) is 40.9 Å². The lowest BCUT2D eigenvalue weighted by Gasteiger charge is -2.15. The largest absolute Gasteiger partial charge is 0.372 e. The van der Waals surface area contributed by atoms with Gasteiger partial charge in [-0.15, -0.1) is 0 Å². The van der Waals surface area contributed by atoms with Crippen molar-refractivity contribution in [3.63, 3.8) is 0 Å². The molecule has 0 saturated carbocycles. The zero-order valence-electron chi connectivity index (χ0n) is 10.2. The van der Waals surface area contributed by atoms with E-state index in [2.05, 4.69) is 15.9 Å². The Morgan fingerprint density at radius 2 is 1.89 bits per heavy atom. The molecular formula is C15H13BrFNO. The van der Waals surface area contributed by atoms with E-state index >= 15 is 0 Å². The van der Waals surface area contributed by atoms with Gasteiger partial charge in [-0.25, -0.2) is 4.39 Å². The van der Waals surface area contributed by atoms with Gasteiger partial charge >= 0.3 is 0 Å². The zero-order valence-corrected chi connectivity index (χ0v) is 11.8. The fraction of sp³-hybridized carbons (Fsp3) is 0.200. The molecule has 0 spiro atoms. The lowest BCUT2D eigenvalue weighted by atomic mass is 9.96. The number of fused-ring (bicyclic) bond motifs is 1. The molecule has 2 nitrogen and oxygen atoms in total. The quantitative estimate of drug-likeness (QED) is 0.916. The maximum absolute atomic E-state index is 13.9. The van der Waals surface area contributed by atoms with Gasteiger partial charge < -0.3 is 10.5 Å². The Morgan fingerprint density at radius 3 is 2.74 bits per heavy atom. The number of nitrogens with two attached hydrogens (primary N) is 1. The van der Waals surface area contributed by atoms with Gasteiger partial charge in [-0.05, 0) is 34.9 Å². The molecule has 0 radical (unpaired) electrons. The molecule has 2 aromatic rings. The Balaban J connectivity index is 1.99. The van der Waals surface area contributed by atoms with E-state index < -0.39 is 6.04 Å². The zero-order chi connectivity index (χ0) is 13.4. The number of hydrogen-bond donors (Lipinski definition) is 1. The van der Waals surface area contributed by atoms with Crippen LogP contribution in [0.4, 0.5) is 4.39 Å². The predicted molar refractivity (Wildman–Crippen MR) is 75.1 cm³/mol. The van der Waals surface area contributed by atoms with E-state index in [4.69, 9.17) is 10.5 Å². The third kappa shape index (κ3) is 2.43. The van der Waals surface area contributed by atoms with Gasteiger partial charge in [0.05, 0.1) is 19.3 Å². The molecule has 1 aliphatic rings. The molecule has 0 aliphatic carbocycles. The van der Waals surface area contributed by atoms with Crippen molar-refractivity contribution < 1.29 is 9.13 Å². The first kappa shape index (κ1) is 12.8. The summed E-state index contributed by atoms with van der Waals surface area (Å²) in [5, 5.41) is 0. The minimum absolute atomic E-state index is 0.285. The second kappa shape index (κ2) is 5.04. The number of halogens is 2. The number of benzene rings is 2. The molecule has 0 bridgehead atoms. The first-order valence-electron chi connectivity index (χ1n) is 6.05. The van der Waals surface area contributed by atoms with E-state index in [0.717, 1.165) is 15.6 Å². The average Bonchev–Trinajstić information content (AvgIpc) is 2.88. The second-order valence-electron chi connectivity index (χ2n) is 4.66. The smallest absolute Gasteiger partial charge is 0.128 e. The van der Waals surface area contributed by atoms with Crippen molar-refractivity contribution in [3.8, 4) is 0 Å². The highest BCUT2D eigenvalue weighted by Gasteiger charge is 2.17. The van der Waals surface area contributed by atoms with Crippen molar-refractivity contribution in [1.82, 2.24) is 0 Å². The lowest BCUT2D eigenvalue weighted by Crippen LogP contribution is -2.14. The summed E-state index contributed by atoms with van der Waals surface area (Å²) in [5.74, 6) is -0.285. The molecule has 19 heavy (non-hydrogen) atoms. The molecule has 2 N–H and O–H groups in total. The molecule has 1 unspecified atom stereocenters. The molecule has 4 heteroatoms. The maximum Gasteiger partial charge on any atom is 0.128 e. The molecule has 2 aromatic carbocycles. The summed E-state index contributed by atoms with van der Waals surface area (Å²) in [7, 11) is 0. The molecule has 98 valence electrons. The van der Waals surface area contributed by atoms with Crippen LogP contribution in [0, 0.1) is 5.82 Å². The van der Waals surface area contributed by atoms with E-state index in [-0.39, 0.29) is 5.82 Å². The Hall–Kier alpha value is -1.23. The average molecular weight is 322 g/mol. The van der Waals surface area contributed by atoms with Crippen molar-refractivity contribution in [1.29, 1.82) is 0 Å². The van der Waals surface area contributed by atoms with Crippen molar-refractivity contribution in [2.45, 2.75) is 19.3 Å². The normalized spacial score (nSPS) is 15.3. The Labute approximate surface area is 119 Å². The van der Waals surface area contributed by atoms with E-state index in [0.29, 0.717) is 18.8 Å². The molecule has 1 aliphatic heterocycles. The summed E-state index contributed by atoms with van der Waals surface area (Å²) in [5.41, 5.74) is 9.90. The fourth-order valence-electron chi connectivity index (χ4n) is 2.32. The van der Waals surface area contributed by atoms with Crippen molar-refractivity contribution in [2.24, 2.45) is 5.73 Å². The minimum Gasteiger partial charge on any atom is -0.372 e. The summed E-state index contributed by atoms with van der Waals surface area (Å²) < 4.78 is 20.1. The molecule has 1 atom stereocenters. The monoisotopic (exact) mass is 321 g/mol. The van der Waals surface area contributed by atoms with Crippen LogP contribution in [0.2, 0.25) is 0 Å². The van der Waals surface area contributed by atoms with Crippen LogP contribution < -0.4 is 5.73 Å². The molecule has 0 saturated heterocycles. The Bertz CT molecular complexity index is 630. The van der Waals surface area contributed by atoms with E-state index in [1.165, 1.54) is 11.6 Å². The van der Waals surface area contributed by atoms with Crippen LogP contribution in [0.25, 0.3) is 0 Å². The van der Waals surface area contributed by atoms with Crippen LogP contribution >= 0.6 is 15.9 Å². The van der Waals surface area contributed by atoms with Crippen LogP contribution in [0.3, 0.4) is 0 Å². The number of hydrogen-bond acceptors (Lipinski definition) is 2. The Kier molecular flexibility index (Phi) is 3.39. The first-order valence-corrected chi connectivity index (χ1v) is 6.84. The third-order valence-electron chi connectivity index (χ3n) is 3.40. The Morgan fingerprint density at radius 1 is 1.11 bits per heavy atom. The van der Waals surface area contributed by atoms with Crippen LogP contribution in [0.1, 0.15) is 28.3 Å². The van der Waals surface area contributed by atoms with Gasteiger partial charge in [0.2, 0.25) is 0 Å². The van der Waals surface area contributed by atoms with Crippen molar-refractivity contribution >= 4 is 15.9 Å². The van der Waals surface area contributed by atoms with E-state index in [9.17, 15) is 4.39 Å². The van der Waals surface area contributed by atoms with Gasteiger partial charge in [-0.1, -0.05) is 34.1 Å². The predicted octanol–water partition coefficient (Wildman–Crippen LogP) is 3.67. The number of rotatable bonds is 2. The van der Waals surface area contributed by atoms with Gasteiger partial charge in [-0.2, -0.15) is 0 Å². The third-order valence-corrected chi connectivity index (χ3v) is 3.89. The molecule has 3 rings (SSSR count). The van der Waals surface area contributed by atoms with Crippen LogP contribution in [-0.4, -0.2) is 0 Å². The van der Waals surface area contributed by atoms with Gasteiger partial charge in [0.1, 0.15) is 5.82 Å². The lowest BCUT2D eigenvalue weighted by molar-refractivity contribution is 0.134. The van der Waals surface area contributed by atoms with Gasteiger partial charge in [0.25, 0.3) is 0 Å². The first-order chi connectivity index (χ1) is 9.15. The highest BCUT2D eigenvalue weighted by atomic mass is 79.9. The molecule has 0 fully saturated rings. The maximum atomic E-state index is 13.9. The summed E-state index contributed by atoms with van der Waals surface area (Å²) in [4.78, 5) is 0. The highest BCUT2D eigenvalue weighted by molar-refractivity contribution is 9.10. The molecule has 0 amide bonds. The second-order valence-corrected chi connectivity index (χ2v) is 5.58. The summed E-state index contributed by atoms with van der Waals surface area (Å²) >= 11 is 3.34. The van der Waals surface area contributed by atoms with E-state index in [1.807, 2.05) is 18.2 Å². The minimum atomic E-state index is -0.469. The van der Waals surface area contributed by atoms with Gasteiger partial charge in [-0.3, -0.25) is 0 Å². The molecular weight excluding hydrogens is 309 g/mol. The van der Waals surface area contributed by atoms with Gasteiger partial charge in [0, 0.05) is 10.0 Å². The fourth-order valence-corrected chi connectivity index (χ4v) is 2.70. The number of ether oxygens (including phenoxy) is 1. The van der Waals surface area contributed by atoms with Gasteiger partial charge in [0.15, 0.2) is 0 Å². The molecule has 1 heterocycles. The topological polar surface area (TPSA) is 35.2 Å². The van der Waals surface area contributed by atoms with Crippen molar-refractivity contribution in [3.05, 3.63) is 68.9 Å². The summed E-state index contributed by atoms with van der Waals surface area (Å²) in [6, 6.07) is 10.3. The highest BCUT2D eigenvalue weighted by Crippen LogP contribution is 2.28. The standard InChI is InChI=1S/C15H13BrFNO/c16-12-3-4-14(17)13(6-12)15(18)9-1-2-10-7-19-8-11(10)5-9/h1-6,15H,7-8,18H2. The molecule has 0 aromatic heterocycles.